The van der Waals surface area contributed by atoms with E-state index in [9.17, 15) is 4.79 Å². The van der Waals surface area contributed by atoms with Crippen molar-refractivity contribution in [3.8, 4) is 0 Å². The molecule has 2 saturated heterocycles. The highest BCUT2D eigenvalue weighted by molar-refractivity contribution is 7.99. The van der Waals surface area contributed by atoms with Crippen molar-refractivity contribution < 1.29 is 4.79 Å². The number of carbonyl (C=O) groups excluding carboxylic acids is 1. The lowest BCUT2D eigenvalue weighted by molar-refractivity contribution is -0.131. The predicted octanol–water partition coefficient (Wildman–Crippen LogP) is 1.83. The Morgan fingerprint density at radius 3 is 2.53 bits per heavy atom. The lowest BCUT2D eigenvalue weighted by atomic mass is 10.0. The maximum atomic E-state index is 12.1. The average molecular weight is 254 g/mol. The first-order valence-corrected chi connectivity index (χ1v) is 8.14. The van der Waals surface area contributed by atoms with Crippen LogP contribution in [-0.4, -0.2) is 41.1 Å². The normalized spacial score (nSPS) is 32.6. The second-order valence-electron chi connectivity index (χ2n) is 5.51. The van der Waals surface area contributed by atoms with E-state index in [1.807, 2.05) is 11.8 Å². The number of amides is 1. The third-order valence-electron chi connectivity index (χ3n) is 4.48. The quantitative estimate of drug-likeness (QED) is 0.816. The minimum absolute atomic E-state index is 0.346. The van der Waals surface area contributed by atoms with Crippen LogP contribution in [0.3, 0.4) is 0 Å². The average Bonchev–Trinajstić information content (AvgIpc) is 2.98. The first kappa shape index (κ1) is 11.8. The molecule has 2 aliphatic heterocycles. The molecule has 3 nitrogen and oxygen atoms in total. The molecule has 0 radical (unpaired) electrons. The van der Waals surface area contributed by atoms with Gasteiger partial charge >= 0.3 is 0 Å². The van der Waals surface area contributed by atoms with Crippen LogP contribution in [-0.2, 0) is 4.79 Å². The maximum Gasteiger partial charge on any atom is 0.238 e. The molecular formula is C13H22N2OS. The van der Waals surface area contributed by atoms with Crippen LogP contribution in [0.15, 0.2) is 0 Å². The molecule has 0 aromatic rings. The Morgan fingerprint density at radius 1 is 1.12 bits per heavy atom. The third-order valence-corrected chi connectivity index (χ3v) is 5.53. The molecule has 17 heavy (non-hydrogen) atoms. The smallest absolute Gasteiger partial charge is 0.238 e. The number of hydrogen-bond acceptors (Lipinski definition) is 3. The van der Waals surface area contributed by atoms with Crippen LogP contribution in [0.2, 0.25) is 0 Å². The zero-order valence-electron chi connectivity index (χ0n) is 10.4. The Bertz CT molecular complexity index is 285. The number of thioether (sulfide) groups is 1. The van der Waals surface area contributed by atoms with Crippen LogP contribution in [0, 0.1) is 5.92 Å². The molecule has 3 aliphatic rings. The largest absolute Gasteiger partial charge is 0.323 e. The van der Waals surface area contributed by atoms with Crippen molar-refractivity contribution in [1.29, 1.82) is 0 Å². The Hall–Kier alpha value is -0.220. The molecular weight excluding hydrogens is 232 g/mol. The van der Waals surface area contributed by atoms with E-state index < -0.39 is 0 Å². The highest BCUT2D eigenvalue weighted by Crippen LogP contribution is 2.34. The molecule has 1 amide bonds. The van der Waals surface area contributed by atoms with E-state index in [0.29, 0.717) is 24.7 Å². The first-order valence-electron chi connectivity index (χ1n) is 6.98. The van der Waals surface area contributed by atoms with Crippen molar-refractivity contribution in [3.63, 3.8) is 0 Å². The Kier molecular flexibility index (Phi) is 3.61. The van der Waals surface area contributed by atoms with Gasteiger partial charge in [0.15, 0.2) is 0 Å². The highest BCUT2D eigenvalue weighted by atomic mass is 32.2. The van der Waals surface area contributed by atoms with E-state index in [1.165, 1.54) is 50.0 Å². The lowest BCUT2D eigenvalue weighted by Crippen LogP contribution is -2.49. The second-order valence-corrected chi connectivity index (χ2v) is 6.74. The number of carbonyl (C=O) groups is 1. The number of nitrogens with zero attached hydrogens (tertiary/aromatic N) is 1. The predicted molar refractivity (Wildman–Crippen MR) is 70.9 cm³/mol. The molecule has 3 fully saturated rings. The number of hydrogen-bond donors (Lipinski definition) is 1. The summed E-state index contributed by atoms with van der Waals surface area (Å²) in [5, 5.41) is 3.47. The summed E-state index contributed by atoms with van der Waals surface area (Å²) >= 11 is 2.03. The van der Waals surface area contributed by atoms with Crippen molar-refractivity contribution in [1.82, 2.24) is 10.2 Å². The van der Waals surface area contributed by atoms with E-state index in [1.54, 1.807) is 0 Å². The fraction of sp³-hybridized carbons (Fsp3) is 0.923. The third kappa shape index (κ3) is 2.34. The molecule has 96 valence electrons. The summed E-state index contributed by atoms with van der Waals surface area (Å²) in [6.07, 6.45) is 8.07. The molecule has 4 heteroatoms. The SMILES string of the molecule is O=C1CNC(C2CCCC2)N1C1CCSCC1. The van der Waals surface area contributed by atoms with E-state index in [2.05, 4.69) is 10.2 Å². The van der Waals surface area contributed by atoms with Gasteiger partial charge in [-0.1, -0.05) is 12.8 Å². The van der Waals surface area contributed by atoms with E-state index >= 15 is 0 Å². The Balaban J connectivity index is 1.71. The molecule has 0 aromatic heterocycles. The van der Waals surface area contributed by atoms with Gasteiger partial charge in [-0.25, -0.2) is 0 Å². The van der Waals surface area contributed by atoms with Crippen molar-refractivity contribution in [2.75, 3.05) is 18.1 Å². The second kappa shape index (κ2) is 5.19. The standard InChI is InChI=1S/C13H22N2OS/c16-12-9-14-13(10-3-1-2-4-10)15(12)11-5-7-17-8-6-11/h10-11,13-14H,1-9H2. The van der Waals surface area contributed by atoms with Crippen molar-refractivity contribution >= 4 is 17.7 Å². The van der Waals surface area contributed by atoms with Gasteiger partial charge in [0.05, 0.1) is 12.7 Å². The topological polar surface area (TPSA) is 32.3 Å². The van der Waals surface area contributed by atoms with E-state index in [-0.39, 0.29) is 0 Å². The Morgan fingerprint density at radius 2 is 1.82 bits per heavy atom. The first-order chi connectivity index (χ1) is 8.36. The van der Waals surface area contributed by atoms with Crippen LogP contribution in [0.25, 0.3) is 0 Å². The van der Waals surface area contributed by atoms with Crippen LogP contribution in [0.1, 0.15) is 38.5 Å². The summed E-state index contributed by atoms with van der Waals surface area (Å²) in [6, 6.07) is 0.518. The van der Waals surface area contributed by atoms with Crippen LogP contribution in [0.4, 0.5) is 0 Å². The van der Waals surface area contributed by atoms with Gasteiger partial charge in [-0.2, -0.15) is 11.8 Å². The lowest BCUT2D eigenvalue weighted by Gasteiger charge is -2.37. The fourth-order valence-corrected chi connectivity index (χ4v) is 4.68. The van der Waals surface area contributed by atoms with Gasteiger partial charge in [0.2, 0.25) is 5.91 Å². The molecule has 1 saturated carbocycles. The minimum Gasteiger partial charge on any atom is -0.323 e. The van der Waals surface area contributed by atoms with Gasteiger partial charge in [-0.05, 0) is 43.1 Å². The van der Waals surface area contributed by atoms with Crippen LogP contribution >= 0.6 is 11.8 Å². The molecule has 1 N–H and O–H groups in total. The van der Waals surface area contributed by atoms with Gasteiger partial charge in [-0.3, -0.25) is 10.1 Å². The summed E-state index contributed by atoms with van der Waals surface area (Å²) in [5.74, 6) is 3.52. The van der Waals surface area contributed by atoms with Crippen molar-refractivity contribution in [2.45, 2.75) is 50.7 Å². The van der Waals surface area contributed by atoms with E-state index in [0.717, 1.165) is 5.92 Å². The van der Waals surface area contributed by atoms with Gasteiger partial charge in [-0.15, -0.1) is 0 Å². The highest BCUT2D eigenvalue weighted by Gasteiger charge is 2.40. The zero-order valence-corrected chi connectivity index (χ0v) is 11.2. The molecule has 3 rings (SSSR count). The fourth-order valence-electron chi connectivity index (χ4n) is 3.60. The van der Waals surface area contributed by atoms with Crippen LogP contribution in [0.5, 0.6) is 0 Å². The summed E-state index contributed by atoms with van der Waals surface area (Å²) < 4.78 is 0. The summed E-state index contributed by atoms with van der Waals surface area (Å²) in [7, 11) is 0. The monoisotopic (exact) mass is 254 g/mol. The number of rotatable bonds is 2. The zero-order chi connectivity index (χ0) is 11.7. The van der Waals surface area contributed by atoms with Crippen molar-refractivity contribution in [3.05, 3.63) is 0 Å². The summed E-state index contributed by atoms with van der Waals surface area (Å²) in [4.78, 5) is 14.3. The molecule has 1 unspecified atom stereocenters. The summed E-state index contributed by atoms with van der Waals surface area (Å²) in [6.45, 7) is 0.574. The van der Waals surface area contributed by atoms with E-state index in [4.69, 9.17) is 0 Å². The van der Waals surface area contributed by atoms with Gasteiger partial charge in [0.25, 0.3) is 0 Å². The van der Waals surface area contributed by atoms with Crippen LogP contribution < -0.4 is 5.32 Å². The van der Waals surface area contributed by atoms with Crippen molar-refractivity contribution in [2.24, 2.45) is 5.92 Å². The minimum atomic E-state index is 0.346. The molecule has 1 aliphatic carbocycles. The molecule has 0 aromatic carbocycles. The van der Waals surface area contributed by atoms with Gasteiger partial charge in [0, 0.05) is 6.04 Å². The molecule has 1 atom stereocenters. The molecule has 2 heterocycles. The number of nitrogens with one attached hydrogen (secondary N) is 1. The van der Waals surface area contributed by atoms with Gasteiger partial charge < -0.3 is 4.90 Å². The summed E-state index contributed by atoms with van der Waals surface area (Å²) in [5.41, 5.74) is 0. The Labute approximate surface area is 108 Å². The molecule has 0 spiro atoms. The van der Waals surface area contributed by atoms with Gasteiger partial charge in [0.1, 0.15) is 0 Å². The maximum absolute atomic E-state index is 12.1. The molecule has 0 bridgehead atoms.